The van der Waals surface area contributed by atoms with E-state index < -0.39 is 0 Å². The van der Waals surface area contributed by atoms with Gasteiger partial charge in [-0.25, -0.2) is 0 Å². The Bertz CT molecular complexity index is 132. The summed E-state index contributed by atoms with van der Waals surface area (Å²) in [7, 11) is 0. The average Bonchev–Trinajstić information content (AvgIpc) is 2.39. The fraction of sp³-hybridized carbons (Fsp3) is 0.875. The van der Waals surface area contributed by atoms with Crippen molar-refractivity contribution in [3.8, 4) is 0 Å². The minimum atomic E-state index is 0.490. The average molecular weight is 173 g/mol. The van der Waals surface area contributed by atoms with Crippen molar-refractivity contribution in [3.63, 3.8) is 0 Å². The highest BCUT2D eigenvalue weighted by Gasteiger charge is 2.14. The molecule has 0 atom stereocenters. The third kappa shape index (κ3) is 3.68. The van der Waals surface area contributed by atoms with Gasteiger partial charge in [-0.05, 0) is 12.8 Å². The molecular weight excluding hydrogens is 158 g/mol. The fourth-order valence-corrected chi connectivity index (χ4v) is 1.46. The Morgan fingerprint density at radius 3 is 2.64 bits per heavy atom. The van der Waals surface area contributed by atoms with Gasteiger partial charge in [0.25, 0.3) is 0 Å². The molecule has 1 rings (SSSR count). The first kappa shape index (κ1) is 8.94. The van der Waals surface area contributed by atoms with Gasteiger partial charge in [0.05, 0.1) is 17.7 Å². The van der Waals surface area contributed by atoms with Crippen LogP contribution in [0.3, 0.4) is 0 Å². The molecule has 0 aromatic rings. The van der Waals surface area contributed by atoms with Gasteiger partial charge in [0, 0.05) is 6.42 Å². The maximum atomic E-state index is 5.55. The van der Waals surface area contributed by atoms with E-state index in [2.05, 4.69) is 0 Å². The molecule has 1 saturated carbocycles. The molecule has 2 N–H and O–H groups in total. The molecule has 1 aliphatic rings. The smallest absolute Gasteiger partial charge is 0.0750 e. The van der Waals surface area contributed by atoms with E-state index in [4.69, 9.17) is 22.7 Å². The van der Waals surface area contributed by atoms with Gasteiger partial charge in [0.15, 0.2) is 0 Å². The fourth-order valence-electron chi connectivity index (χ4n) is 1.38. The van der Waals surface area contributed by atoms with Crippen LogP contribution in [0.5, 0.6) is 0 Å². The van der Waals surface area contributed by atoms with Gasteiger partial charge in [0.1, 0.15) is 0 Å². The first-order chi connectivity index (χ1) is 5.29. The summed E-state index contributed by atoms with van der Waals surface area (Å²) in [6.45, 7) is 0.708. The first-order valence-electron chi connectivity index (χ1n) is 4.19. The van der Waals surface area contributed by atoms with E-state index in [1.54, 1.807) is 0 Å². The summed E-state index contributed by atoms with van der Waals surface area (Å²) in [6, 6.07) is 0. The van der Waals surface area contributed by atoms with E-state index in [0.717, 1.165) is 6.42 Å². The third-order valence-electron chi connectivity index (χ3n) is 2.00. The van der Waals surface area contributed by atoms with Gasteiger partial charge in [0.2, 0.25) is 0 Å². The van der Waals surface area contributed by atoms with Crippen LogP contribution >= 0.6 is 12.2 Å². The predicted octanol–water partition coefficient (Wildman–Crippen LogP) is 1.62. The quantitative estimate of drug-likeness (QED) is 0.656. The molecule has 0 bridgehead atoms. The van der Waals surface area contributed by atoms with Crippen molar-refractivity contribution < 1.29 is 4.74 Å². The SMILES string of the molecule is NC(=S)CCOC1CCCC1. The minimum absolute atomic E-state index is 0.490. The monoisotopic (exact) mass is 173 g/mol. The summed E-state index contributed by atoms with van der Waals surface area (Å²) >= 11 is 4.73. The largest absolute Gasteiger partial charge is 0.393 e. The molecule has 0 amide bonds. The van der Waals surface area contributed by atoms with E-state index in [0.29, 0.717) is 17.7 Å². The van der Waals surface area contributed by atoms with E-state index in [-0.39, 0.29) is 0 Å². The summed E-state index contributed by atoms with van der Waals surface area (Å²) in [4.78, 5) is 0.558. The zero-order chi connectivity index (χ0) is 8.10. The Labute approximate surface area is 73.1 Å². The highest BCUT2D eigenvalue weighted by Crippen LogP contribution is 2.20. The molecular formula is C8H15NOS. The van der Waals surface area contributed by atoms with Crippen LogP contribution in [0.2, 0.25) is 0 Å². The summed E-state index contributed by atoms with van der Waals surface area (Å²) in [5.74, 6) is 0. The molecule has 0 aromatic heterocycles. The van der Waals surface area contributed by atoms with Crippen molar-refractivity contribution in [3.05, 3.63) is 0 Å². The lowest BCUT2D eigenvalue weighted by molar-refractivity contribution is 0.0637. The van der Waals surface area contributed by atoms with Gasteiger partial charge >= 0.3 is 0 Å². The topological polar surface area (TPSA) is 35.2 Å². The minimum Gasteiger partial charge on any atom is -0.393 e. The van der Waals surface area contributed by atoms with Gasteiger partial charge in [-0.2, -0.15) is 0 Å². The molecule has 0 aromatic carbocycles. The molecule has 3 heteroatoms. The third-order valence-corrected chi connectivity index (χ3v) is 2.21. The molecule has 0 spiro atoms. The van der Waals surface area contributed by atoms with Crippen molar-refractivity contribution in [2.75, 3.05) is 6.61 Å². The van der Waals surface area contributed by atoms with E-state index in [1.807, 2.05) is 0 Å². The van der Waals surface area contributed by atoms with Crippen LogP contribution in [0.25, 0.3) is 0 Å². The van der Waals surface area contributed by atoms with Gasteiger partial charge in [-0.1, -0.05) is 25.1 Å². The predicted molar refractivity (Wildman–Crippen MR) is 49.6 cm³/mol. The lowest BCUT2D eigenvalue weighted by Crippen LogP contribution is -2.15. The highest BCUT2D eigenvalue weighted by molar-refractivity contribution is 7.80. The Morgan fingerprint density at radius 1 is 1.45 bits per heavy atom. The second-order valence-corrected chi connectivity index (χ2v) is 3.52. The second kappa shape index (κ2) is 4.67. The molecule has 1 aliphatic carbocycles. The molecule has 0 radical (unpaired) electrons. The molecule has 0 saturated heterocycles. The Kier molecular flexibility index (Phi) is 3.80. The number of thiocarbonyl (C=S) groups is 1. The van der Waals surface area contributed by atoms with Crippen LogP contribution in [0.4, 0.5) is 0 Å². The van der Waals surface area contributed by atoms with Crippen LogP contribution in [0.15, 0.2) is 0 Å². The van der Waals surface area contributed by atoms with Gasteiger partial charge in [-0.3, -0.25) is 0 Å². The molecule has 64 valence electrons. The van der Waals surface area contributed by atoms with Crippen LogP contribution in [0.1, 0.15) is 32.1 Å². The van der Waals surface area contributed by atoms with E-state index in [1.165, 1.54) is 25.7 Å². The number of hydrogen-bond donors (Lipinski definition) is 1. The first-order valence-corrected chi connectivity index (χ1v) is 4.60. The highest BCUT2D eigenvalue weighted by atomic mass is 32.1. The van der Waals surface area contributed by atoms with E-state index >= 15 is 0 Å². The number of rotatable bonds is 4. The second-order valence-electron chi connectivity index (χ2n) is 2.99. The lowest BCUT2D eigenvalue weighted by Gasteiger charge is -2.09. The van der Waals surface area contributed by atoms with Crippen molar-refractivity contribution in [2.45, 2.75) is 38.2 Å². The number of hydrogen-bond acceptors (Lipinski definition) is 2. The maximum absolute atomic E-state index is 5.55. The molecule has 0 aliphatic heterocycles. The van der Waals surface area contributed by atoms with Crippen LogP contribution < -0.4 is 5.73 Å². The summed E-state index contributed by atoms with van der Waals surface area (Å²) in [5.41, 5.74) is 5.33. The van der Waals surface area contributed by atoms with Crippen molar-refractivity contribution in [1.29, 1.82) is 0 Å². The van der Waals surface area contributed by atoms with Crippen LogP contribution in [-0.2, 0) is 4.74 Å². The Balaban J connectivity index is 1.98. The molecule has 0 heterocycles. The number of ether oxygens (including phenoxy) is 1. The number of nitrogens with two attached hydrogens (primary N) is 1. The summed E-state index contributed by atoms with van der Waals surface area (Å²) in [6.07, 6.45) is 6.29. The van der Waals surface area contributed by atoms with Crippen molar-refractivity contribution in [2.24, 2.45) is 5.73 Å². The lowest BCUT2D eigenvalue weighted by atomic mass is 10.3. The molecule has 0 unspecified atom stereocenters. The van der Waals surface area contributed by atoms with Crippen LogP contribution in [0, 0.1) is 0 Å². The van der Waals surface area contributed by atoms with Crippen LogP contribution in [-0.4, -0.2) is 17.7 Å². The van der Waals surface area contributed by atoms with Gasteiger partial charge < -0.3 is 10.5 Å². The molecule has 11 heavy (non-hydrogen) atoms. The van der Waals surface area contributed by atoms with E-state index in [9.17, 15) is 0 Å². The Morgan fingerprint density at radius 2 is 2.09 bits per heavy atom. The standard InChI is InChI=1S/C8H15NOS/c9-8(11)5-6-10-7-3-1-2-4-7/h7H,1-6H2,(H2,9,11). The Hall–Kier alpha value is -0.150. The normalized spacial score (nSPS) is 18.9. The van der Waals surface area contributed by atoms with Gasteiger partial charge in [-0.15, -0.1) is 0 Å². The van der Waals surface area contributed by atoms with Crippen molar-refractivity contribution in [1.82, 2.24) is 0 Å². The maximum Gasteiger partial charge on any atom is 0.0750 e. The molecule has 1 fully saturated rings. The zero-order valence-corrected chi connectivity index (χ0v) is 7.53. The summed E-state index contributed by atoms with van der Waals surface area (Å²) < 4.78 is 5.55. The van der Waals surface area contributed by atoms with Crippen molar-refractivity contribution >= 4 is 17.2 Å². The summed E-state index contributed by atoms with van der Waals surface area (Å²) in [5, 5.41) is 0. The molecule has 2 nitrogen and oxygen atoms in total. The zero-order valence-electron chi connectivity index (χ0n) is 6.71.